The normalized spacial score (nSPS) is 19.6. The summed E-state index contributed by atoms with van der Waals surface area (Å²) >= 11 is 11.2. The minimum absolute atomic E-state index is 0.0631. The molecule has 1 aromatic heterocycles. The van der Waals surface area contributed by atoms with Gasteiger partial charge >= 0.3 is 10.9 Å². The number of hydrogen-bond acceptors (Lipinski definition) is 7. The number of nitro groups is 2. The van der Waals surface area contributed by atoms with E-state index in [9.17, 15) is 20.2 Å². The Kier molecular flexibility index (Phi) is 6.16. The molecule has 0 bridgehead atoms. The van der Waals surface area contributed by atoms with Crippen molar-refractivity contribution < 1.29 is 14.6 Å². The zero-order chi connectivity index (χ0) is 18.6. The standard InChI is InChI=1S/C14H14Cl2N4O5/c1-2-10-8-25-14(11(19(21)22)5-13(16)20(23)24)18(10)7-9-3-4-12(15)17-6-9/h3-6,10H,2,7-8H2,1H3/b13-5+,14-11+. The van der Waals surface area contributed by atoms with Crippen LogP contribution in [0.25, 0.3) is 0 Å². The van der Waals surface area contributed by atoms with Gasteiger partial charge in [-0.1, -0.05) is 24.6 Å². The van der Waals surface area contributed by atoms with Gasteiger partial charge in [0.2, 0.25) is 0 Å². The van der Waals surface area contributed by atoms with Crippen LogP contribution in [0.15, 0.2) is 41.1 Å². The van der Waals surface area contributed by atoms with Gasteiger partial charge in [0.1, 0.15) is 17.8 Å². The largest absolute Gasteiger partial charge is 0.472 e. The third-order valence-corrected chi connectivity index (χ3v) is 4.04. The van der Waals surface area contributed by atoms with Gasteiger partial charge in [0.25, 0.3) is 5.88 Å². The molecule has 1 fully saturated rings. The highest BCUT2D eigenvalue weighted by molar-refractivity contribution is 6.29. The first-order valence-corrected chi connectivity index (χ1v) is 7.99. The zero-order valence-corrected chi connectivity index (χ0v) is 14.6. The Morgan fingerprint density at radius 3 is 2.68 bits per heavy atom. The zero-order valence-electron chi connectivity index (χ0n) is 13.1. The molecule has 1 aliphatic heterocycles. The topological polar surface area (TPSA) is 112 Å². The molecule has 1 aliphatic rings. The Morgan fingerprint density at radius 2 is 2.16 bits per heavy atom. The molecule has 9 nitrogen and oxygen atoms in total. The molecule has 25 heavy (non-hydrogen) atoms. The summed E-state index contributed by atoms with van der Waals surface area (Å²) in [5.41, 5.74) is 0.192. The van der Waals surface area contributed by atoms with Crippen LogP contribution < -0.4 is 0 Å². The Hall–Kier alpha value is -2.39. The second kappa shape index (κ2) is 8.13. The first kappa shape index (κ1) is 18.9. The molecular weight excluding hydrogens is 375 g/mol. The van der Waals surface area contributed by atoms with E-state index in [1.165, 1.54) is 0 Å². The molecule has 134 valence electrons. The van der Waals surface area contributed by atoms with Gasteiger partial charge in [-0.2, -0.15) is 0 Å². The Labute approximate surface area is 152 Å². The highest BCUT2D eigenvalue weighted by Gasteiger charge is 2.36. The van der Waals surface area contributed by atoms with Gasteiger partial charge in [-0.25, -0.2) is 4.98 Å². The minimum Gasteiger partial charge on any atom is -0.472 e. The average Bonchev–Trinajstić information content (AvgIpc) is 2.96. The van der Waals surface area contributed by atoms with Crippen molar-refractivity contribution in [3.63, 3.8) is 0 Å². The molecule has 0 radical (unpaired) electrons. The van der Waals surface area contributed by atoms with Crippen molar-refractivity contribution in [3.05, 3.63) is 72.1 Å². The Morgan fingerprint density at radius 1 is 1.44 bits per heavy atom. The first-order valence-electron chi connectivity index (χ1n) is 7.23. The van der Waals surface area contributed by atoms with Gasteiger partial charge in [0.05, 0.1) is 15.9 Å². The summed E-state index contributed by atoms with van der Waals surface area (Å²) in [6, 6.07) is 3.23. The van der Waals surface area contributed by atoms with E-state index in [1.54, 1.807) is 23.2 Å². The lowest BCUT2D eigenvalue weighted by Gasteiger charge is -2.23. The van der Waals surface area contributed by atoms with Crippen LogP contribution in [0.2, 0.25) is 5.15 Å². The molecule has 11 heteroatoms. The summed E-state index contributed by atoms with van der Waals surface area (Å²) in [7, 11) is 0. The summed E-state index contributed by atoms with van der Waals surface area (Å²) in [6.07, 6.45) is 2.90. The fraction of sp³-hybridized carbons (Fsp3) is 0.357. The molecule has 1 unspecified atom stereocenters. The van der Waals surface area contributed by atoms with Crippen LogP contribution in [0.1, 0.15) is 18.9 Å². The third-order valence-electron chi connectivity index (χ3n) is 3.57. The third kappa shape index (κ3) is 4.58. The van der Waals surface area contributed by atoms with Crippen molar-refractivity contribution in [1.29, 1.82) is 0 Å². The molecule has 1 aromatic rings. The molecule has 2 heterocycles. The Bertz CT molecular complexity index is 735. The van der Waals surface area contributed by atoms with Gasteiger partial charge in [0.15, 0.2) is 0 Å². The molecular formula is C14H14Cl2N4O5. The average molecular weight is 389 g/mol. The van der Waals surface area contributed by atoms with Crippen LogP contribution in [-0.2, 0) is 11.3 Å². The number of hydrogen-bond donors (Lipinski definition) is 0. The van der Waals surface area contributed by atoms with E-state index in [2.05, 4.69) is 4.98 Å². The lowest BCUT2D eigenvalue weighted by Crippen LogP contribution is -2.30. The van der Waals surface area contributed by atoms with Gasteiger partial charge in [-0.15, -0.1) is 0 Å². The van der Waals surface area contributed by atoms with E-state index in [4.69, 9.17) is 27.9 Å². The first-order chi connectivity index (χ1) is 11.8. The number of aromatic nitrogens is 1. The minimum atomic E-state index is -0.911. The highest BCUT2D eigenvalue weighted by atomic mass is 35.5. The predicted molar refractivity (Wildman–Crippen MR) is 89.8 cm³/mol. The van der Waals surface area contributed by atoms with E-state index in [-0.39, 0.29) is 25.1 Å². The molecule has 0 N–H and O–H groups in total. The molecule has 0 aromatic carbocycles. The van der Waals surface area contributed by atoms with Crippen molar-refractivity contribution in [2.75, 3.05) is 6.61 Å². The second-order valence-corrected chi connectivity index (χ2v) is 5.94. The lowest BCUT2D eigenvalue weighted by molar-refractivity contribution is -0.430. The summed E-state index contributed by atoms with van der Waals surface area (Å²) in [5, 5.41) is 21.5. The maximum atomic E-state index is 11.4. The molecule has 0 aliphatic carbocycles. The molecule has 2 rings (SSSR count). The highest BCUT2D eigenvalue weighted by Crippen LogP contribution is 2.29. The van der Waals surface area contributed by atoms with Crippen molar-refractivity contribution in [2.24, 2.45) is 0 Å². The number of pyridine rings is 1. The van der Waals surface area contributed by atoms with Crippen LogP contribution in [-0.4, -0.2) is 32.4 Å². The van der Waals surface area contributed by atoms with E-state index >= 15 is 0 Å². The summed E-state index contributed by atoms with van der Waals surface area (Å²) in [6.45, 7) is 2.42. The van der Waals surface area contributed by atoms with E-state index in [0.29, 0.717) is 17.6 Å². The van der Waals surface area contributed by atoms with Gasteiger partial charge in [-0.05, 0) is 29.7 Å². The van der Waals surface area contributed by atoms with Crippen molar-refractivity contribution in [2.45, 2.75) is 25.9 Å². The van der Waals surface area contributed by atoms with Gasteiger partial charge in [0, 0.05) is 12.7 Å². The number of halogens is 2. The van der Waals surface area contributed by atoms with Crippen LogP contribution >= 0.6 is 23.2 Å². The predicted octanol–water partition coefficient (Wildman–Crippen LogP) is 3.15. The Balaban J connectivity index is 2.44. The molecule has 1 saturated heterocycles. The van der Waals surface area contributed by atoms with E-state index < -0.39 is 20.7 Å². The number of nitrogens with zero attached hydrogens (tertiary/aromatic N) is 4. The monoisotopic (exact) mass is 388 g/mol. The maximum Gasteiger partial charge on any atom is 0.344 e. The fourth-order valence-corrected chi connectivity index (χ4v) is 2.54. The van der Waals surface area contributed by atoms with E-state index in [0.717, 1.165) is 5.56 Å². The number of rotatable bonds is 6. The van der Waals surface area contributed by atoms with Crippen LogP contribution in [0.4, 0.5) is 0 Å². The lowest BCUT2D eigenvalue weighted by atomic mass is 10.2. The fourth-order valence-electron chi connectivity index (χ4n) is 2.33. The smallest absolute Gasteiger partial charge is 0.344 e. The van der Waals surface area contributed by atoms with Crippen molar-refractivity contribution in [1.82, 2.24) is 9.88 Å². The van der Waals surface area contributed by atoms with E-state index in [1.807, 2.05) is 6.92 Å². The van der Waals surface area contributed by atoms with Gasteiger partial charge in [-0.3, -0.25) is 20.2 Å². The van der Waals surface area contributed by atoms with Crippen molar-refractivity contribution in [3.8, 4) is 0 Å². The SMILES string of the molecule is CCC1CO/C(=C(\C=C(/Cl)[N+](=O)[O-])[N+](=O)[O-])N1Cc1ccc(Cl)nc1. The number of ether oxygens (including phenoxy) is 1. The summed E-state index contributed by atoms with van der Waals surface area (Å²) < 4.78 is 5.46. The quantitative estimate of drug-likeness (QED) is 0.318. The second-order valence-electron chi connectivity index (χ2n) is 5.16. The summed E-state index contributed by atoms with van der Waals surface area (Å²) in [4.78, 5) is 26.0. The molecule has 0 spiro atoms. The van der Waals surface area contributed by atoms with Crippen LogP contribution in [0.5, 0.6) is 0 Å². The maximum absolute atomic E-state index is 11.4. The molecule has 0 saturated carbocycles. The van der Waals surface area contributed by atoms with Crippen LogP contribution in [0, 0.1) is 20.2 Å². The van der Waals surface area contributed by atoms with Crippen molar-refractivity contribution >= 4 is 23.2 Å². The van der Waals surface area contributed by atoms with Crippen LogP contribution in [0.3, 0.4) is 0 Å². The molecule has 1 atom stereocenters. The molecule has 0 amide bonds. The van der Waals surface area contributed by atoms with Gasteiger partial charge < -0.3 is 9.64 Å². The summed E-state index contributed by atoms with van der Waals surface area (Å²) in [5.74, 6) is -0.0631. The number of allylic oxidation sites excluding steroid dienone is 1.